The van der Waals surface area contributed by atoms with Crippen LogP contribution in [-0.4, -0.2) is 25.7 Å². The van der Waals surface area contributed by atoms with Gasteiger partial charge in [0.2, 0.25) is 5.91 Å². The maximum absolute atomic E-state index is 12.5. The minimum absolute atomic E-state index is 0.0783. The highest BCUT2D eigenvalue weighted by atomic mass is 19.4. The van der Waals surface area contributed by atoms with Crippen LogP contribution >= 0.6 is 0 Å². The van der Waals surface area contributed by atoms with E-state index in [-0.39, 0.29) is 11.4 Å². The zero-order valence-electron chi connectivity index (χ0n) is 14.3. The quantitative estimate of drug-likeness (QED) is 0.586. The monoisotopic (exact) mass is 426 g/mol. The lowest BCUT2D eigenvalue weighted by molar-refractivity contribution is -0.137. The van der Waals surface area contributed by atoms with Gasteiger partial charge in [0.05, 0.1) is 17.8 Å². The summed E-state index contributed by atoms with van der Waals surface area (Å²) in [4.78, 5) is 11.9. The molecule has 0 aliphatic rings. The van der Waals surface area contributed by atoms with Crippen LogP contribution in [0.1, 0.15) is 5.56 Å². The van der Waals surface area contributed by atoms with E-state index in [0.717, 1.165) is 42.5 Å². The Bertz CT molecular complexity index is 827. The molecule has 0 unspecified atom stereocenters. The Morgan fingerprint density at radius 2 is 1.55 bits per heavy atom. The molecule has 0 atom stereocenters. The topological polar surface area (TPSA) is 59.6 Å². The normalized spacial score (nSPS) is 11.5. The Balaban J connectivity index is 2.01. The van der Waals surface area contributed by atoms with Crippen LogP contribution in [0.3, 0.4) is 0 Å². The fraction of sp³-hybridized carbons (Fsp3) is 0.235. The van der Waals surface area contributed by atoms with Crippen molar-refractivity contribution in [1.82, 2.24) is 0 Å². The first-order valence-electron chi connectivity index (χ1n) is 7.79. The van der Waals surface area contributed by atoms with Crippen molar-refractivity contribution >= 4 is 17.3 Å². The number of anilines is 2. The zero-order chi connectivity index (χ0) is 21.6. The maximum atomic E-state index is 12.5. The summed E-state index contributed by atoms with van der Waals surface area (Å²) in [5, 5.41) is 4.77. The lowest BCUT2D eigenvalue weighted by Gasteiger charge is -2.14. The van der Waals surface area contributed by atoms with E-state index >= 15 is 0 Å². The Labute approximate surface area is 159 Å². The molecule has 2 aromatic carbocycles. The number of alkyl halides is 7. The van der Waals surface area contributed by atoms with Gasteiger partial charge in [-0.25, -0.2) is 0 Å². The third-order valence-electron chi connectivity index (χ3n) is 3.33. The molecule has 1 amide bonds. The Morgan fingerprint density at radius 1 is 0.931 bits per heavy atom. The number of ether oxygens (including phenoxy) is 2. The minimum atomic E-state index is -4.52. The van der Waals surface area contributed by atoms with Crippen molar-refractivity contribution in [2.24, 2.45) is 0 Å². The van der Waals surface area contributed by atoms with Crippen molar-refractivity contribution in [3.8, 4) is 11.5 Å². The number of rotatable bonds is 8. The fourth-order valence-corrected chi connectivity index (χ4v) is 2.14. The highest BCUT2D eigenvalue weighted by Crippen LogP contribution is 2.32. The second-order valence-electron chi connectivity index (χ2n) is 5.39. The number of hydrogen-bond donors (Lipinski definition) is 2. The molecule has 0 heterocycles. The largest absolute Gasteiger partial charge is 0.435 e. The van der Waals surface area contributed by atoms with Crippen molar-refractivity contribution in [2.75, 3.05) is 17.2 Å². The minimum Gasteiger partial charge on any atom is -0.435 e. The molecule has 2 aromatic rings. The second kappa shape index (κ2) is 9.34. The number of carbonyl (C=O) groups is 1. The van der Waals surface area contributed by atoms with Crippen molar-refractivity contribution in [3.63, 3.8) is 0 Å². The van der Waals surface area contributed by atoms with Gasteiger partial charge in [-0.05, 0) is 36.4 Å². The van der Waals surface area contributed by atoms with Crippen molar-refractivity contribution in [1.29, 1.82) is 0 Å². The third-order valence-corrected chi connectivity index (χ3v) is 3.33. The van der Waals surface area contributed by atoms with Crippen molar-refractivity contribution in [3.05, 3.63) is 48.0 Å². The van der Waals surface area contributed by atoms with Crippen LogP contribution in [0.25, 0.3) is 0 Å². The molecule has 29 heavy (non-hydrogen) atoms. The van der Waals surface area contributed by atoms with E-state index in [9.17, 15) is 35.5 Å². The molecule has 0 aliphatic heterocycles. The molecular formula is C17H13F7N2O3. The van der Waals surface area contributed by atoms with Crippen LogP contribution in [-0.2, 0) is 11.0 Å². The molecule has 0 aliphatic carbocycles. The molecule has 0 bridgehead atoms. The van der Waals surface area contributed by atoms with Gasteiger partial charge in [-0.3, -0.25) is 4.79 Å². The molecule has 0 saturated heterocycles. The Morgan fingerprint density at radius 3 is 2.10 bits per heavy atom. The molecule has 2 rings (SSSR count). The summed E-state index contributed by atoms with van der Waals surface area (Å²) in [6.45, 7) is -6.92. The predicted molar refractivity (Wildman–Crippen MR) is 88.3 cm³/mol. The summed E-state index contributed by atoms with van der Waals surface area (Å²) < 4.78 is 95.2. The molecule has 0 saturated carbocycles. The van der Waals surface area contributed by atoms with E-state index in [2.05, 4.69) is 20.1 Å². The van der Waals surface area contributed by atoms with Gasteiger partial charge in [0.1, 0.15) is 5.75 Å². The zero-order valence-corrected chi connectivity index (χ0v) is 14.3. The molecule has 0 radical (unpaired) electrons. The SMILES string of the molecule is O=C(CNc1ccc(OC(F)F)cc1OC(F)F)Nc1ccc(C(F)(F)F)cc1. The summed E-state index contributed by atoms with van der Waals surface area (Å²) in [5.74, 6) is -1.68. The smallest absolute Gasteiger partial charge is 0.416 e. The van der Waals surface area contributed by atoms with Crippen molar-refractivity contribution in [2.45, 2.75) is 19.4 Å². The van der Waals surface area contributed by atoms with Gasteiger partial charge in [0.25, 0.3) is 0 Å². The van der Waals surface area contributed by atoms with Crippen molar-refractivity contribution < 1.29 is 45.0 Å². The number of amides is 1. The highest BCUT2D eigenvalue weighted by molar-refractivity contribution is 5.94. The molecule has 5 nitrogen and oxygen atoms in total. The van der Waals surface area contributed by atoms with Crippen LogP contribution in [0.5, 0.6) is 11.5 Å². The maximum Gasteiger partial charge on any atom is 0.416 e. The highest BCUT2D eigenvalue weighted by Gasteiger charge is 2.30. The van der Waals surface area contributed by atoms with Gasteiger partial charge < -0.3 is 20.1 Å². The lowest BCUT2D eigenvalue weighted by atomic mass is 10.2. The van der Waals surface area contributed by atoms with Crippen LogP contribution in [0.2, 0.25) is 0 Å². The Kier molecular flexibility index (Phi) is 7.13. The van der Waals surface area contributed by atoms with E-state index in [4.69, 9.17) is 0 Å². The number of hydrogen-bond acceptors (Lipinski definition) is 4. The lowest BCUT2D eigenvalue weighted by Crippen LogP contribution is -2.22. The fourth-order valence-electron chi connectivity index (χ4n) is 2.14. The van der Waals surface area contributed by atoms with Crippen LogP contribution < -0.4 is 20.1 Å². The summed E-state index contributed by atoms with van der Waals surface area (Å²) in [6.07, 6.45) is -4.52. The Hall–Kier alpha value is -3.18. The van der Waals surface area contributed by atoms with Crippen LogP contribution in [0, 0.1) is 0 Å². The number of halogens is 7. The van der Waals surface area contributed by atoms with E-state index in [1.807, 2.05) is 0 Å². The van der Waals surface area contributed by atoms with Gasteiger partial charge in [-0.2, -0.15) is 30.7 Å². The average molecular weight is 426 g/mol. The first kappa shape index (κ1) is 22.1. The van der Waals surface area contributed by atoms with Gasteiger partial charge in [-0.1, -0.05) is 0 Å². The summed E-state index contributed by atoms with van der Waals surface area (Å²) in [5.41, 5.74) is -0.933. The molecule has 158 valence electrons. The predicted octanol–water partition coefficient (Wildman–Crippen LogP) is 4.96. The van der Waals surface area contributed by atoms with Gasteiger partial charge in [-0.15, -0.1) is 0 Å². The summed E-state index contributed by atoms with van der Waals surface area (Å²) in [6, 6.07) is 6.56. The van der Waals surface area contributed by atoms with Gasteiger partial charge in [0, 0.05) is 11.8 Å². The number of nitrogens with one attached hydrogen (secondary N) is 2. The van der Waals surface area contributed by atoms with E-state index < -0.39 is 48.9 Å². The number of carbonyl (C=O) groups excluding carboxylic acids is 1. The van der Waals surface area contributed by atoms with Crippen LogP contribution in [0.15, 0.2) is 42.5 Å². The van der Waals surface area contributed by atoms with E-state index in [0.29, 0.717) is 0 Å². The molecule has 0 aromatic heterocycles. The molecule has 2 N–H and O–H groups in total. The van der Waals surface area contributed by atoms with E-state index in [1.54, 1.807) is 0 Å². The molecule has 0 fully saturated rings. The van der Waals surface area contributed by atoms with Gasteiger partial charge in [0.15, 0.2) is 5.75 Å². The standard InChI is InChI=1S/C17H13F7N2O3/c18-15(19)28-11-5-6-12(13(7-11)29-16(20)21)25-8-14(27)26-10-3-1-9(2-4-10)17(22,23)24/h1-7,15-16,25H,8H2,(H,26,27). The van der Waals surface area contributed by atoms with Crippen LogP contribution in [0.4, 0.5) is 42.1 Å². The summed E-state index contributed by atoms with van der Waals surface area (Å²) in [7, 11) is 0. The number of benzene rings is 2. The van der Waals surface area contributed by atoms with Gasteiger partial charge >= 0.3 is 19.4 Å². The molecule has 12 heteroatoms. The third kappa shape index (κ3) is 7.05. The van der Waals surface area contributed by atoms with E-state index in [1.165, 1.54) is 0 Å². The first-order chi connectivity index (χ1) is 13.5. The molecular weight excluding hydrogens is 413 g/mol. The first-order valence-corrected chi connectivity index (χ1v) is 7.79. The second-order valence-corrected chi connectivity index (χ2v) is 5.39. The average Bonchev–Trinajstić information content (AvgIpc) is 2.59. The summed E-state index contributed by atoms with van der Waals surface area (Å²) >= 11 is 0. The molecule has 0 spiro atoms.